The summed E-state index contributed by atoms with van der Waals surface area (Å²) in [4.78, 5) is 1.33. The van der Waals surface area contributed by atoms with E-state index >= 15 is 0 Å². The molecule has 0 bridgehead atoms. The van der Waals surface area contributed by atoms with Crippen LogP contribution in [0.1, 0.15) is 38.3 Å². The summed E-state index contributed by atoms with van der Waals surface area (Å²) >= 11 is 1.93. The van der Waals surface area contributed by atoms with Crippen molar-refractivity contribution in [2.24, 2.45) is 0 Å². The van der Waals surface area contributed by atoms with Crippen molar-refractivity contribution in [1.29, 1.82) is 0 Å². The molecule has 49 heavy (non-hydrogen) atoms. The van der Waals surface area contributed by atoms with E-state index in [-0.39, 0.29) is 5.41 Å². The summed E-state index contributed by atoms with van der Waals surface area (Å²) in [5.74, 6) is 1.14. The minimum Gasteiger partial charge on any atom is -0.126 e. The molecule has 0 unspecified atom stereocenters. The molecule has 236 valence electrons. The molecule has 0 fully saturated rings. The van der Waals surface area contributed by atoms with Crippen LogP contribution in [-0.2, 0) is 5.41 Å². The van der Waals surface area contributed by atoms with Gasteiger partial charge in [-0.05, 0) is 124 Å². The molecule has 0 atom stereocenters. The molecule has 0 amide bonds. The molecule has 0 spiro atoms. The Morgan fingerprint density at radius 2 is 1.02 bits per heavy atom. The zero-order valence-corrected chi connectivity index (χ0v) is 29.1. The Kier molecular flexibility index (Phi) is 7.22. The van der Waals surface area contributed by atoms with Crippen LogP contribution < -0.4 is 0 Å². The molecule has 0 saturated carbocycles. The van der Waals surface area contributed by atoms with Gasteiger partial charge < -0.3 is 0 Å². The van der Waals surface area contributed by atoms with Gasteiger partial charge in [0.2, 0.25) is 0 Å². The van der Waals surface area contributed by atoms with Crippen molar-refractivity contribution in [1.82, 2.24) is 0 Å². The molecule has 0 radical (unpaired) electrons. The molecule has 0 saturated heterocycles. The minimum absolute atomic E-state index is 0.108. The van der Waals surface area contributed by atoms with Crippen molar-refractivity contribution in [3.05, 3.63) is 163 Å². The first kappa shape index (κ1) is 30.0. The number of rotatable bonds is 6. The van der Waals surface area contributed by atoms with Crippen molar-refractivity contribution in [2.45, 2.75) is 37.5 Å². The van der Waals surface area contributed by atoms with Gasteiger partial charge >= 0.3 is 0 Å². The highest BCUT2D eigenvalue weighted by Crippen LogP contribution is 2.55. The number of fused-ring (bicyclic) bond motifs is 7. The van der Waals surface area contributed by atoms with E-state index in [0.717, 1.165) is 5.75 Å². The van der Waals surface area contributed by atoms with Gasteiger partial charge in [0.1, 0.15) is 0 Å². The summed E-state index contributed by atoms with van der Waals surface area (Å²) < 4.78 is 0. The fourth-order valence-corrected chi connectivity index (χ4v) is 9.05. The number of thioether (sulfide) groups is 1. The molecule has 8 aromatic carbocycles. The first-order valence-corrected chi connectivity index (χ1v) is 18.5. The summed E-state index contributed by atoms with van der Waals surface area (Å²) in [6.07, 6.45) is 1.18. The second-order valence-corrected chi connectivity index (χ2v) is 15.0. The first-order chi connectivity index (χ1) is 24.0. The van der Waals surface area contributed by atoms with E-state index in [0.29, 0.717) is 0 Å². The molecule has 0 nitrogen and oxygen atoms in total. The third-order valence-electron chi connectivity index (χ3n) is 10.6. The maximum atomic E-state index is 2.54. The lowest BCUT2D eigenvalue weighted by Gasteiger charge is -2.24. The highest BCUT2D eigenvalue weighted by molar-refractivity contribution is 7.99. The quantitative estimate of drug-likeness (QED) is 0.128. The van der Waals surface area contributed by atoms with Crippen molar-refractivity contribution >= 4 is 44.1 Å². The van der Waals surface area contributed by atoms with Gasteiger partial charge in [0.05, 0.1) is 0 Å². The number of hydrogen-bond acceptors (Lipinski definition) is 1. The zero-order chi connectivity index (χ0) is 33.1. The predicted octanol–water partition coefficient (Wildman–Crippen LogP) is 14.0. The normalized spacial score (nSPS) is 13.2. The van der Waals surface area contributed by atoms with Gasteiger partial charge in [-0.15, -0.1) is 11.8 Å². The molecule has 1 aliphatic carbocycles. The highest BCUT2D eigenvalue weighted by Gasteiger charge is 2.37. The predicted molar refractivity (Wildman–Crippen MR) is 214 cm³/mol. The highest BCUT2D eigenvalue weighted by atomic mass is 32.2. The third kappa shape index (κ3) is 4.75. The maximum absolute atomic E-state index is 2.54. The summed E-state index contributed by atoms with van der Waals surface area (Å²) in [5, 5.41) is 7.78. The molecule has 8 aromatic rings. The fourth-order valence-electron chi connectivity index (χ4n) is 8.28. The monoisotopic (exact) mass is 646 g/mol. The van der Waals surface area contributed by atoms with E-state index in [1.807, 2.05) is 11.8 Å². The molecule has 0 N–H and O–H groups in total. The Labute approximate surface area is 293 Å². The van der Waals surface area contributed by atoms with Gasteiger partial charge in [-0.3, -0.25) is 0 Å². The molecule has 9 rings (SSSR count). The topological polar surface area (TPSA) is 0 Å². The van der Waals surface area contributed by atoms with E-state index in [9.17, 15) is 0 Å². The summed E-state index contributed by atoms with van der Waals surface area (Å²) in [5.41, 5.74) is 13.1. The summed E-state index contributed by atoms with van der Waals surface area (Å²) in [6.45, 7) is 7.03. The Hall–Kier alpha value is -5.11. The zero-order valence-electron chi connectivity index (χ0n) is 28.3. The van der Waals surface area contributed by atoms with E-state index in [2.05, 4.69) is 172 Å². The van der Waals surface area contributed by atoms with Crippen molar-refractivity contribution in [3.63, 3.8) is 0 Å². The van der Waals surface area contributed by atoms with Gasteiger partial charge in [0.15, 0.2) is 0 Å². The van der Waals surface area contributed by atoms with Crippen LogP contribution in [0.5, 0.6) is 0 Å². The molecular formula is C48H38S. The number of benzene rings is 8. The smallest absolute Gasteiger partial charge is 0.0159 e. The standard InChI is InChI=1S/C48H38S/c1-4-28-49-34-25-22-31(23-26-34)33-24-27-39-41(29-33)46(38-19-11-10-18-37(38)45(39)32-14-6-5-7-15-32)42-30-44-47(36-17-9-8-16-35(36)42)40-20-12-13-21-43(40)48(44,2)3/h5-27,29-30H,4,28H2,1-3H3. The van der Waals surface area contributed by atoms with E-state index in [1.165, 1.54) is 99.3 Å². The van der Waals surface area contributed by atoms with Gasteiger partial charge in [-0.25, -0.2) is 0 Å². The second-order valence-electron chi connectivity index (χ2n) is 13.9. The first-order valence-electron chi connectivity index (χ1n) is 17.5. The van der Waals surface area contributed by atoms with Crippen LogP contribution in [0.25, 0.3) is 76.8 Å². The second kappa shape index (κ2) is 11.8. The number of hydrogen-bond donors (Lipinski definition) is 0. The Bertz CT molecular complexity index is 2540. The van der Waals surface area contributed by atoms with Crippen molar-refractivity contribution in [2.75, 3.05) is 5.75 Å². The summed E-state index contributed by atoms with van der Waals surface area (Å²) in [7, 11) is 0. The minimum atomic E-state index is -0.108. The van der Waals surface area contributed by atoms with Crippen LogP contribution in [-0.4, -0.2) is 5.75 Å². The molecule has 1 heteroatoms. The molecular weight excluding hydrogens is 609 g/mol. The van der Waals surface area contributed by atoms with Crippen LogP contribution in [0.15, 0.2) is 157 Å². The van der Waals surface area contributed by atoms with Gasteiger partial charge in [0.25, 0.3) is 0 Å². The van der Waals surface area contributed by atoms with E-state index in [4.69, 9.17) is 0 Å². The SMILES string of the molecule is CCCSc1ccc(-c2ccc3c(-c4ccccc4)c4ccccc4c(-c4cc5c(c6ccccc46)-c4ccccc4C5(C)C)c3c2)cc1. The van der Waals surface area contributed by atoms with E-state index < -0.39 is 0 Å². The Morgan fingerprint density at radius 1 is 0.429 bits per heavy atom. The molecule has 0 aromatic heterocycles. The Balaban J connectivity index is 1.40. The van der Waals surface area contributed by atoms with Crippen LogP contribution in [0.4, 0.5) is 0 Å². The lowest BCUT2D eigenvalue weighted by molar-refractivity contribution is 0.661. The van der Waals surface area contributed by atoms with Crippen LogP contribution >= 0.6 is 11.8 Å². The van der Waals surface area contributed by atoms with Crippen LogP contribution in [0, 0.1) is 0 Å². The molecule has 0 heterocycles. The van der Waals surface area contributed by atoms with Gasteiger partial charge in [0, 0.05) is 10.3 Å². The molecule has 0 aliphatic heterocycles. The largest absolute Gasteiger partial charge is 0.126 e. The van der Waals surface area contributed by atoms with Gasteiger partial charge in [-0.1, -0.05) is 148 Å². The fraction of sp³-hybridized carbons (Fsp3) is 0.125. The van der Waals surface area contributed by atoms with E-state index in [1.54, 1.807) is 0 Å². The lowest BCUT2D eigenvalue weighted by Crippen LogP contribution is -2.15. The third-order valence-corrected chi connectivity index (χ3v) is 11.8. The Morgan fingerprint density at radius 3 is 1.76 bits per heavy atom. The summed E-state index contributed by atoms with van der Waals surface area (Å²) in [6, 6.07) is 56.9. The van der Waals surface area contributed by atoms with Crippen molar-refractivity contribution in [3.8, 4) is 44.5 Å². The lowest BCUT2D eigenvalue weighted by atomic mass is 9.78. The average molecular weight is 647 g/mol. The van der Waals surface area contributed by atoms with Gasteiger partial charge in [-0.2, -0.15) is 0 Å². The van der Waals surface area contributed by atoms with Crippen LogP contribution in [0.3, 0.4) is 0 Å². The van der Waals surface area contributed by atoms with Crippen molar-refractivity contribution < 1.29 is 0 Å². The molecule has 1 aliphatic rings. The average Bonchev–Trinajstić information content (AvgIpc) is 3.39. The van der Waals surface area contributed by atoms with Crippen LogP contribution in [0.2, 0.25) is 0 Å². The maximum Gasteiger partial charge on any atom is 0.0159 e.